The molecular formula is C14H20F3NO2. The van der Waals surface area contributed by atoms with E-state index in [9.17, 15) is 18.3 Å². The first-order valence-electron chi connectivity index (χ1n) is 6.45. The van der Waals surface area contributed by atoms with E-state index in [1.165, 1.54) is 12.1 Å². The Kier molecular flexibility index (Phi) is 5.98. The van der Waals surface area contributed by atoms with Crippen LogP contribution in [0.3, 0.4) is 0 Å². The molecule has 0 aliphatic heterocycles. The van der Waals surface area contributed by atoms with Gasteiger partial charge in [0.25, 0.3) is 0 Å². The van der Waals surface area contributed by atoms with Gasteiger partial charge in [-0.15, -0.1) is 0 Å². The topological polar surface area (TPSA) is 52.5 Å². The molecule has 0 spiro atoms. The van der Waals surface area contributed by atoms with Gasteiger partial charge in [-0.25, -0.2) is 0 Å². The average molecular weight is 291 g/mol. The molecular weight excluding hydrogens is 271 g/mol. The fourth-order valence-corrected chi connectivity index (χ4v) is 1.79. The van der Waals surface area contributed by atoms with Crippen LogP contribution in [0, 0.1) is 5.92 Å². The van der Waals surface area contributed by atoms with Gasteiger partial charge < -0.3 is 15.5 Å². The highest BCUT2D eigenvalue weighted by Gasteiger charge is 2.30. The van der Waals surface area contributed by atoms with Crippen molar-refractivity contribution < 1.29 is 23.4 Å². The van der Waals surface area contributed by atoms with Crippen molar-refractivity contribution in [2.45, 2.75) is 32.2 Å². The minimum absolute atomic E-state index is 0.0581. The maximum Gasteiger partial charge on any atom is 0.416 e. The van der Waals surface area contributed by atoms with Gasteiger partial charge in [0.05, 0.1) is 18.3 Å². The summed E-state index contributed by atoms with van der Waals surface area (Å²) in [6.07, 6.45) is -5.29. The van der Waals surface area contributed by atoms with Crippen molar-refractivity contribution in [1.29, 1.82) is 0 Å². The fourth-order valence-electron chi connectivity index (χ4n) is 1.79. The van der Waals surface area contributed by atoms with Crippen LogP contribution in [-0.4, -0.2) is 29.4 Å². The molecule has 2 unspecified atom stereocenters. The van der Waals surface area contributed by atoms with Crippen LogP contribution in [0.25, 0.3) is 0 Å². The Bertz CT molecular complexity index is 404. The molecule has 114 valence electrons. The van der Waals surface area contributed by atoms with Gasteiger partial charge >= 0.3 is 6.18 Å². The van der Waals surface area contributed by atoms with Gasteiger partial charge in [0.1, 0.15) is 0 Å². The molecule has 2 atom stereocenters. The summed E-state index contributed by atoms with van der Waals surface area (Å²) in [6.45, 7) is 3.98. The number of halogens is 3. The summed E-state index contributed by atoms with van der Waals surface area (Å²) in [7, 11) is 0. The molecule has 0 aromatic heterocycles. The number of benzene rings is 1. The number of hydrogen-bond donors (Lipinski definition) is 3. The highest BCUT2D eigenvalue weighted by atomic mass is 19.4. The van der Waals surface area contributed by atoms with Crippen LogP contribution >= 0.6 is 0 Å². The van der Waals surface area contributed by atoms with Gasteiger partial charge in [-0.05, 0) is 23.6 Å². The molecule has 1 aromatic rings. The Hall–Kier alpha value is -1.11. The molecule has 1 aromatic carbocycles. The van der Waals surface area contributed by atoms with Gasteiger partial charge in [0, 0.05) is 12.6 Å². The largest absolute Gasteiger partial charge is 0.416 e. The summed E-state index contributed by atoms with van der Waals surface area (Å²) in [4.78, 5) is 0. The predicted molar refractivity (Wildman–Crippen MR) is 70.1 cm³/mol. The summed E-state index contributed by atoms with van der Waals surface area (Å²) in [5, 5.41) is 22.0. The second kappa shape index (κ2) is 7.06. The number of hydrogen-bond acceptors (Lipinski definition) is 3. The molecule has 3 N–H and O–H groups in total. The third-order valence-corrected chi connectivity index (χ3v) is 3.20. The van der Waals surface area contributed by atoms with Crippen LogP contribution in [0.1, 0.15) is 31.1 Å². The third-order valence-electron chi connectivity index (χ3n) is 3.20. The van der Waals surface area contributed by atoms with Crippen molar-refractivity contribution in [3.05, 3.63) is 35.4 Å². The molecule has 0 bridgehead atoms. The molecule has 0 saturated carbocycles. The second-order valence-corrected chi connectivity index (χ2v) is 5.08. The molecule has 1 rings (SSSR count). The van der Waals surface area contributed by atoms with Crippen LogP contribution in [0.4, 0.5) is 13.2 Å². The SMILES string of the molecule is CC(C)C(CO)NCC(O)c1ccc(C(F)(F)F)cc1. The van der Waals surface area contributed by atoms with Gasteiger partial charge in [-0.1, -0.05) is 26.0 Å². The van der Waals surface area contributed by atoms with Crippen molar-refractivity contribution in [1.82, 2.24) is 5.32 Å². The molecule has 0 aliphatic carbocycles. The molecule has 0 heterocycles. The van der Waals surface area contributed by atoms with Crippen LogP contribution in [-0.2, 0) is 6.18 Å². The zero-order valence-corrected chi connectivity index (χ0v) is 11.5. The monoisotopic (exact) mass is 291 g/mol. The van der Waals surface area contributed by atoms with E-state index in [-0.39, 0.29) is 25.1 Å². The Labute approximate surface area is 116 Å². The highest BCUT2D eigenvalue weighted by molar-refractivity contribution is 5.26. The van der Waals surface area contributed by atoms with E-state index in [1.54, 1.807) is 0 Å². The molecule has 0 amide bonds. The van der Waals surface area contributed by atoms with E-state index in [0.29, 0.717) is 5.56 Å². The first kappa shape index (κ1) is 16.9. The van der Waals surface area contributed by atoms with Gasteiger partial charge in [-0.2, -0.15) is 13.2 Å². The Balaban J connectivity index is 2.62. The number of rotatable bonds is 6. The van der Waals surface area contributed by atoms with Crippen LogP contribution in [0.2, 0.25) is 0 Å². The van der Waals surface area contributed by atoms with Crippen molar-refractivity contribution in [3.63, 3.8) is 0 Å². The van der Waals surface area contributed by atoms with Crippen LogP contribution < -0.4 is 5.32 Å². The molecule has 0 radical (unpaired) electrons. The molecule has 20 heavy (non-hydrogen) atoms. The molecule has 0 aliphatic rings. The lowest BCUT2D eigenvalue weighted by Crippen LogP contribution is -2.39. The number of aliphatic hydroxyl groups excluding tert-OH is 2. The van der Waals surface area contributed by atoms with Gasteiger partial charge in [-0.3, -0.25) is 0 Å². The van der Waals surface area contributed by atoms with Crippen LogP contribution in [0.5, 0.6) is 0 Å². The number of alkyl halides is 3. The smallest absolute Gasteiger partial charge is 0.395 e. The molecule has 0 fully saturated rings. The first-order valence-corrected chi connectivity index (χ1v) is 6.45. The van der Waals surface area contributed by atoms with Crippen molar-refractivity contribution >= 4 is 0 Å². The Morgan fingerprint density at radius 3 is 2.10 bits per heavy atom. The Morgan fingerprint density at radius 1 is 1.15 bits per heavy atom. The van der Waals surface area contributed by atoms with E-state index in [1.807, 2.05) is 13.8 Å². The van der Waals surface area contributed by atoms with E-state index < -0.39 is 17.8 Å². The quantitative estimate of drug-likeness (QED) is 0.754. The van der Waals surface area contributed by atoms with E-state index in [2.05, 4.69) is 5.32 Å². The van der Waals surface area contributed by atoms with E-state index >= 15 is 0 Å². The fraction of sp³-hybridized carbons (Fsp3) is 0.571. The lowest BCUT2D eigenvalue weighted by Gasteiger charge is -2.22. The number of nitrogens with one attached hydrogen (secondary N) is 1. The lowest BCUT2D eigenvalue weighted by molar-refractivity contribution is -0.137. The van der Waals surface area contributed by atoms with Crippen molar-refractivity contribution in [2.75, 3.05) is 13.2 Å². The van der Waals surface area contributed by atoms with Crippen LogP contribution in [0.15, 0.2) is 24.3 Å². The Morgan fingerprint density at radius 2 is 1.70 bits per heavy atom. The summed E-state index contributed by atoms with van der Waals surface area (Å²) in [5.41, 5.74) is -0.331. The van der Waals surface area contributed by atoms with Gasteiger partial charge in [0.15, 0.2) is 0 Å². The zero-order valence-electron chi connectivity index (χ0n) is 11.5. The van der Waals surface area contributed by atoms with Crippen molar-refractivity contribution in [2.24, 2.45) is 5.92 Å². The maximum absolute atomic E-state index is 12.4. The minimum atomic E-state index is -4.37. The summed E-state index contributed by atoms with van der Waals surface area (Å²) in [5.74, 6) is 0.194. The average Bonchev–Trinajstić information content (AvgIpc) is 2.38. The summed E-state index contributed by atoms with van der Waals surface area (Å²) in [6, 6.07) is 4.27. The van der Waals surface area contributed by atoms with Gasteiger partial charge in [0.2, 0.25) is 0 Å². The van der Waals surface area contributed by atoms with E-state index in [0.717, 1.165) is 12.1 Å². The molecule has 0 saturated heterocycles. The standard InChI is InChI=1S/C14H20F3NO2/c1-9(2)12(8-19)18-7-13(20)10-3-5-11(6-4-10)14(15,16)17/h3-6,9,12-13,18-20H,7-8H2,1-2H3. The van der Waals surface area contributed by atoms with E-state index in [4.69, 9.17) is 5.11 Å². The first-order chi connectivity index (χ1) is 9.25. The summed E-state index contributed by atoms with van der Waals surface area (Å²) >= 11 is 0. The minimum Gasteiger partial charge on any atom is -0.395 e. The second-order valence-electron chi connectivity index (χ2n) is 5.08. The third kappa shape index (κ3) is 4.77. The maximum atomic E-state index is 12.4. The lowest BCUT2D eigenvalue weighted by atomic mass is 10.0. The van der Waals surface area contributed by atoms with Crippen molar-refractivity contribution in [3.8, 4) is 0 Å². The molecule has 6 heteroatoms. The molecule has 3 nitrogen and oxygen atoms in total. The summed E-state index contributed by atoms with van der Waals surface area (Å²) < 4.78 is 37.2. The zero-order chi connectivity index (χ0) is 15.3. The normalized spacial score (nSPS) is 15.4. The predicted octanol–water partition coefficient (Wildman–Crippen LogP) is 2.35. The highest BCUT2D eigenvalue weighted by Crippen LogP contribution is 2.29. The number of aliphatic hydroxyl groups is 2.